The standard InChI is InChI=1S/C24H15N3O2S/c28-14-16-8-10-19(11-9-16)29-23-21-20(17-5-2-1-3-6-17)15-30-24(21)27-22(26-23)18-7-4-12-25-13-18/h1-15H. The van der Waals surface area contributed by atoms with Crippen LogP contribution in [0.1, 0.15) is 10.4 Å². The molecule has 144 valence electrons. The van der Waals surface area contributed by atoms with Crippen LogP contribution in [0.5, 0.6) is 11.6 Å². The highest BCUT2D eigenvalue weighted by Crippen LogP contribution is 2.40. The maximum atomic E-state index is 11.0. The lowest BCUT2D eigenvalue weighted by Gasteiger charge is -2.10. The summed E-state index contributed by atoms with van der Waals surface area (Å²) < 4.78 is 6.19. The number of aldehydes is 1. The molecule has 3 heterocycles. The highest BCUT2D eigenvalue weighted by molar-refractivity contribution is 7.17. The molecule has 0 spiro atoms. The highest BCUT2D eigenvalue weighted by atomic mass is 32.1. The Morgan fingerprint density at radius 2 is 1.67 bits per heavy atom. The molecule has 3 aromatic heterocycles. The predicted octanol–water partition coefficient (Wildman–Crippen LogP) is 6.03. The second kappa shape index (κ2) is 7.85. The number of fused-ring (bicyclic) bond motifs is 1. The first-order valence-corrected chi connectivity index (χ1v) is 10.2. The molecule has 0 amide bonds. The predicted molar refractivity (Wildman–Crippen MR) is 118 cm³/mol. The minimum Gasteiger partial charge on any atom is -0.438 e. The average Bonchev–Trinajstić information content (AvgIpc) is 3.25. The monoisotopic (exact) mass is 409 g/mol. The maximum absolute atomic E-state index is 11.0. The van der Waals surface area contributed by atoms with E-state index in [-0.39, 0.29) is 0 Å². The molecule has 5 aromatic rings. The quantitative estimate of drug-likeness (QED) is 0.332. The van der Waals surface area contributed by atoms with Crippen LogP contribution < -0.4 is 4.74 Å². The Hall–Kier alpha value is -3.90. The molecule has 0 unspecified atom stereocenters. The topological polar surface area (TPSA) is 65.0 Å². The summed E-state index contributed by atoms with van der Waals surface area (Å²) in [6.07, 6.45) is 4.25. The van der Waals surface area contributed by atoms with Gasteiger partial charge in [0.05, 0.1) is 5.39 Å². The van der Waals surface area contributed by atoms with Gasteiger partial charge in [0.2, 0.25) is 5.88 Å². The van der Waals surface area contributed by atoms with Gasteiger partial charge < -0.3 is 4.74 Å². The van der Waals surface area contributed by atoms with E-state index in [1.54, 1.807) is 48.0 Å². The summed E-state index contributed by atoms with van der Waals surface area (Å²) in [6.45, 7) is 0. The van der Waals surface area contributed by atoms with E-state index in [1.165, 1.54) is 0 Å². The van der Waals surface area contributed by atoms with Gasteiger partial charge in [0.1, 0.15) is 16.9 Å². The lowest BCUT2D eigenvalue weighted by molar-refractivity contribution is 0.112. The van der Waals surface area contributed by atoms with Gasteiger partial charge in [0, 0.05) is 34.5 Å². The number of carbonyl (C=O) groups excluding carboxylic acids is 1. The lowest BCUT2D eigenvalue weighted by atomic mass is 10.1. The van der Waals surface area contributed by atoms with Crippen molar-refractivity contribution in [2.45, 2.75) is 0 Å². The van der Waals surface area contributed by atoms with E-state index >= 15 is 0 Å². The van der Waals surface area contributed by atoms with E-state index in [0.29, 0.717) is 23.0 Å². The van der Waals surface area contributed by atoms with Gasteiger partial charge in [-0.2, -0.15) is 4.98 Å². The number of aromatic nitrogens is 3. The third kappa shape index (κ3) is 3.44. The number of nitrogens with zero attached hydrogens (tertiary/aromatic N) is 3. The smallest absolute Gasteiger partial charge is 0.232 e. The molecule has 0 bridgehead atoms. The Labute approximate surface area is 176 Å². The Morgan fingerprint density at radius 3 is 2.40 bits per heavy atom. The fraction of sp³-hybridized carbons (Fsp3) is 0. The van der Waals surface area contributed by atoms with Crippen LogP contribution in [-0.2, 0) is 0 Å². The summed E-state index contributed by atoms with van der Waals surface area (Å²) in [5.74, 6) is 1.62. The van der Waals surface area contributed by atoms with Gasteiger partial charge in [-0.05, 0) is 42.0 Å². The minimum absolute atomic E-state index is 0.470. The molecule has 0 fully saturated rings. The Bertz CT molecular complexity index is 1320. The van der Waals surface area contributed by atoms with Gasteiger partial charge in [-0.1, -0.05) is 30.3 Å². The largest absolute Gasteiger partial charge is 0.438 e. The third-order valence-corrected chi connectivity index (χ3v) is 5.51. The molecule has 0 atom stereocenters. The molecule has 0 aliphatic carbocycles. The first kappa shape index (κ1) is 18.1. The van der Waals surface area contributed by atoms with Crippen molar-refractivity contribution in [2.24, 2.45) is 0 Å². The number of pyridine rings is 1. The Morgan fingerprint density at radius 1 is 0.867 bits per heavy atom. The highest BCUT2D eigenvalue weighted by Gasteiger charge is 2.18. The van der Waals surface area contributed by atoms with Crippen molar-refractivity contribution >= 4 is 27.8 Å². The molecule has 0 N–H and O–H groups in total. The van der Waals surface area contributed by atoms with Crippen molar-refractivity contribution in [1.29, 1.82) is 0 Å². The molecule has 5 rings (SSSR count). The van der Waals surface area contributed by atoms with E-state index in [2.05, 4.69) is 22.5 Å². The van der Waals surface area contributed by atoms with Crippen LogP contribution in [0, 0.1) is 0 Å². The first-order valence-electron chi connectivity index (χ1n) is 9.30. The molecule has 30 heavy (non-hydrogen) atoms. The van der Waals surface area contributed by atoms with E-state index in [9.17, 15) is 4.79 Å². The number of rotatable bonds is 5. The second-order valence-corrected chi connectivity index (χ2v) is 7.44. The summed E-state index contributed by atoms with van der Waals surface area (Å²) in [5.41, 5.74) is 3.50. The van der Waals surface area contributed by atoms with Crippen molar-refractivity contribution < 1.29 is 9.53 Å². The molecule has 0 radical (unpaired) electrons. The number of thiophene rings is 1. The van der Waals surface area contributed by atoms with Gasteiger partial charge in [0.15, 0.2) is 5.82 Å². The van der Waals surface area contributed by atoms with Crippen molar-refractivity contribution in [2.75, 3.05) is 0 Å². The fourth-order valence-electron chi connectivity index (χ4n) is 3.16. The summed E-state index contributed by atoms with van der Waals surface area (Å²) in [4.78, 5) is 25.5. The van der Waals surface area contributed by atoms with E-state index in [4.69, 9.17) is 14.7 Å². The molecular formula is C24H15N3O2S. The molecular weight excluding hydrogens is 394 g/mol. The van der Waals surface area contributed by atoms with Crippen molar-refractivity contribution in [3.05, 3.63) is 90.1 Å². The zero-order valence-corrected chi connectivity index (χ0v) is 16.5. The van der Waals surface area contributed by atoms with Crippen LogP contribution >= 0.6 is 11.3 Å². The van der Waals surface area contributed by atoms with Crippen molar-refractivity contribution in [1.82, 2.24) is 15.0 Å². The zero-order chi connectivity index (χ0) is 20.3. The normalized spacial score (nSPS) is 10.8. The molecule has 5 nitrogen and oxygen atoms in total. The number of hydrogen-bond acceptors (Lipinski definition) is 6. The van der Waals surface area contributed by atoms with Crippen LogP contribution in [0.4, 0.5) is 0 Å². The van der Waals surface area contributed by atoms with Crippen LogP contribution in [0.25, 0.3) is 32.7 Å². The second-order valence-electron chi connectivity index (χ2n) is 6.58. The van der Waals surface area contributed by atoms with Crippen molar-refractivity contribution in [3.8, 4) is 34.1 Å². The van der Waals surface area contributed by atoms with E-state index < -0.39 is 0 Å². The lowest BCUT2D eigenvalue weighted by Crippen LogP contribution is -1.96. The summed E-state index contributed by atoms with van der Waals surface area (Å²) in [5, 5.41) is 2.93. The van der Waals surface area contributed by atoms with E-state index in [1.807, 2.05) is 30.3 Å². The minimum atomic E-state index is 0.470. The molecule has 0 saturated heterocycles. The zero-order valence-electron chi connectivity index (χ0n) is 15.7. The first-order chi connectivity index (χ1) is 14.8. The number of benzene rings is 2. The van der Waals surface area contributed by atoms with Crippen LogP contribution in [0.2, 0.25) is 0 Å². The maximum Gasteiger partial charge on any atom is 0.232 e. The van der Waals surface area contributed by atoms with Crippen LogP contribution in [-0.4, -0.2) is 21.2 Å². The fourth-order valence-corrected chi connectivity index (χ4v) is 4.10. The summed E-state index contributed by atoms with van der Waals surface area (Å²) in [6, 6.07) is 20.8. The average molecular weight is 409 g/mol. The molecule has 0 aliphatic rings. The molecule has 2 aromatic carbocycles. The van der Waals surface area contributed by atoms with Crippen molar-refractivity contribution in [3.63, 3.8) is 0 Å². The Kier molecular flexibility index (Phi) is 4.75. The number of hydrogen-bond donors (Lipinski definition) is 0. The molecule has 0 saturated carbocycles. The summed E-state index contributed by atoms with van der Waals surface area (Å²) in [7, 11) is 0. The number of ether oxygens (including phenoxy) is 1. The van der Waals surface area contributed by atoms with Gasteiger partial charge >= 0.3 is 0 Å². The van der Waals surface area contributed by atoms with Gasteiger partial charge in [-0.25, -0.2) is 4.98 Å². The van der Waals surface area contributed by atoms with Crippen LogP contribution in [0.15, 0.2) is 84.5 Å². The number of carbonyl (C=O) groups is 1. The van der Waals surface area contributed by atoms with Crippen LogP contribution in [0.3, 0.4) is 0 Å². The third-order valence-electron chi connectivity index (χ3n) is 4.64. The SMILES string of the molecule is O=Cc1ccc(Oc2nc(-c3cccnc3)nc3scc(-c4ccccc4)c23)cc1. The summed E-state index contributed by atoms with van der Waals surface area (Å²) >= 11 is 1.55. The van der Waals surface area contributed by atoms with E-state index in [0.717, 1.165) is 33.2 Å². The van der Waals surface area contributed by atoms with Gasteiger partial charge in [0.25, 0.3) is 0 Å². The molecule has 6 heteroatoms. The Balaban J connectivity index is 1.69. The van der Waals surface area contributed by atoms with Gasteiger partial charge in [-0.3, -0.25) is 9.78 Å². The van der Waals surface area contributed by atoms with Gasteiger partial charge in [-0.15, -0.1) is 11.3 Å². The molecule has 0 aliphatic heterocycles.